The van der Waals surface area contributed by atoms with Crippen molar-refractivity contribution in [1.29, 1.82) is 0 Å². The van der Waals surface area contributed by atoms with Crippen LogP contribution in [-0.4, -0.2) is 38.0 Å². The zero-order chi connectivity index (χ0) is 19.1. The number of hydrogen-bond acceptors (Lipinski definition) is 6. The summed E-state index contributed by atoms with van der Waals surface area (Å²) in [7, 11) is 3.05. The second-order valence-corrected chi connectivity index (χ2v) is 6.34. The average Bonchev–Trinajstić information content (AvgIpc) is 3.22. The molecule has 0 amide bonds. The third-order valence-corrected chi connectivity index (χ3v) is 4.53. The smallest absolute Gasteiger partial charge is 0.332 e. The van der Waals surface area contributed by atoms with E-state index in [0.29, 0.717) is 37.2 Å². The summed E-state index contributed by atoms with van der Waals surface area (Å²) in [5.74, 6) is 1.49. The molecule has 27 heavy (non-hydrogen) atoms. The quantitative estimate of drug-likeness (QED) is 0.654. The highest BCUT2D eigenvalue weighted by Gasteiger charge is 2.30. The monoisotopic (exact) mass is 372 g/mol. The summed E-state index contributed by atoms with van der Waals surface area (Å²) in [6, 6.07) is 7.68. The first-order valence-corrected chi connectivity index (χ1v) is 8.68. The number of hydrogen-bond donors (Lipinski definition) is 0. The number of aromatic nitrogens is 4. The molecule has 9 nitrogen and oxygen atoms in total. The van der Waals surface area contributed by atoms with E-state index in [0.717, 1.165) is 10.3 Å². The third kappa shape index (κ3) is 2.84. The first kappa shape index (κ1) is 17.2. The second-order valence-electron chi connectivity index (χ2n) is 6.34. The van der Waals surface area contributed by atoms with Gasteiger partial charge in [-0.05, 0) is 31.2 Å². The van der Waals surface area contributed by atoms with E-state index in [2.05, 4.69) is 4.98 Å². The minimum Gasteiger partial charge on any atom is -0.494 e. The SMILES string of the molecule is CCOc1ccc(OCC2Cn3c(nc4c(=O)n(C)c(=O)n(C)c43)O2)cc1. The predicted molar refractivity (Wildman–Crippen MR) is 97.7 cm³/mol. The molecule has 0 bridgehead atoms. The lowest BCUT2D eigenvalue weighted by Crippen LogP contribution is -2.37. The van der Waals surface area contributed by atoms with Crippen LogP contribution in [0, 0.1) is 0 Å². The lowest BCUT2D eigenvalue weighted by molar-refractivity contribution is 0.144. The van der Waals surface area contributed by atoms with Gasteiger partial charge in [-0.1, -0.05) is 0 Å². The zero-order valence-electron chi connectivity index (χ0n) is 15.3. The number of ether oxygens (including phenoxy) is 3. The molecule has 0 fully saturated rings. The van der Waals surface area contributed by atoms with Crippen LogP contribution in [0.3, 0.4) is 0 Å². The van der Waals surface area contributed by atoms with Crippen molar-refractivity contribution in [3.05, 3.63) is 45.1 Å². The molecule has 1 aromatic carbocycles. The fourth-order valence-electron chi connectivity index (χ4n) is 3.19. The standard InChI is InChI=1S/C18H20N4O5/c1-4-25-11-5-7-12(8-6-11)26-10-13-9-22-15-14(19-17(22)27-13)16(23)21(3)18(24)20(15)2/h5-8,13H,4,9-10H2,1-3H3. The zero-order valence-corrected chi connectivity index (χ0v) is 15.3. The maximum atomic E-state index is 12.3. The molecule has 3 heterocycles. The second kappa shape index (κ2) is 6.49. The van der Waals surface area contributed by atoms with Gasteiger partial charge in [-0.2, -0.15) is 4.98 Å². The minimum absolute atomic E-state index is 0.223. The molecule has 0 saturated heterocycles. The van der Waals surface area contributed by atoms with Gasteiger partial charge in [0.15, 0.2) is 17.3 Å². The first-order valence-electron chi connectivity index (χ1n) is 8.68. The number of rotatable bonds is 5. The van der Waals surface area contributed by atoms with Crippen molar-refractivity contribution in [2.45, 2.75) is 19.6 Å². The van der Waals surface area contributed by atoms with Gasteiger partial charge in [-0.25, -0.2) is 4.79 Å². The highest BCUT2D eigenvalue weighted by molar-refractivity contribution is 5.72. The summed E-state index contributed by atoms with van der Waals surface area (Å²) in [6.07, 6.45) is -0.261. The number of fused-ring (bicyclic) bond motifs is 3. The van der Waals surface area contributed by atoms with Crippen molar-refractivity contribution >= 4 is 11.2 Å². The van der Waals surface area contributed by atoms with Gasteiger partial charge in [-0.3, -0.25) is 18.5 Å². The van der Waals surface area contributed by atoms with Crippen molar-refractivity contribution in [3.8, 4) is 17.5 Å². The molecule has 0 aliphatic carbocycles. The fourth-order valence-corrected chi connectivity index (χ4v) is 3.19. The van der Waals surface area contributed by atoms with Crippen LogP contribution in [0.5, 0.6) is 17.5 Å². The molecule has 0 N–H and O–H groups in total. The van der Waals surface area contributed by atoms with Crippen molar-refractivity contribution < 1.29 is 14.2 Å². The molecule has 1 unspecified atom stereocenters. The van der Waals surface area contributed by atoms with Gasteiger partial charge in [0.2, 0.25) is 0 Å². The summed E-state index contributed by atoms with van der Waals surface area (Å²) in [5.41, 5.74) is -0.146. The Bertz CT molecular complexity index is 1110. The Kier molecular flexibility index (Phi) is 4.14. The molecule has 4 rings (SSSR count). The Labute approximate surface area is 154 Å². The highest BCUT2D eigenvalue weighted by atomic mass is 16.6. The average molecular weight is 372 g/mol. The number of imidazole rings is 1. The van der Waals surface area contributed by atoms with Gasteiger partial charge in [-0.15, -0.1) is 0 Å². The van der Waals surface area contributed by atoms with Crippen molar-refractivity contribution in [2.24, 2.45) is 14.1 Å². The molecule has 9 heteroatoms. The van der Waals surface area contributed by atoms with Crippen molar-refractivity contribution in [3.63, 3.8) is 0 Å². The van der Waals surface area contributed by atoms with Crippen LogP contribution in [0.25, 0.3) is 11.2 Å². The largest absolute Gasteiger partial charge is 0.494 e. The Balaban J connectivity index is 1.51. The van der Waals surface area contributed by atoms with Crippen LogP contribution >= 0.6 is 0 Å². The molecule has 1 atom stereocenters. The van der Waals surface area contributed by atoms with Crippen LogP contribution in [0.2, 0.25) is 0 Å². The van der Waals surface area contributed by atoms with E-state index in [1.165, 1.54) is 11.6 Å². The summed E-state index contributed by atoms with van der Waals surface area (Å²) >= 11 is 0. The summed E-state index contributed by atoms with van der Waals surface area (Å²) in [6.45, 7) is 3.31. The molecule has 3 aromatic rings. The predicted octanol–water partition coefficient (Wildman–Crippen LogP) is 0.672. The van der Waals surface area contributed by atoms with Gasteiger partial charge < -0.3 is 14.2 Å². The highest BCUT2D eigenvalue weighted by Crippen LogP contribution is 2.26. The van der Waals surface area contributed by atoms with E-state index >= 15 is 0 Å². The van der Waals surface area contributed by atoms with E-state index in [9.17, 15) is 9.59 Å². The molecule has 0 spiro atoms. The molecule has 2 aromatic heterocycles. The minimum atomic E-state index is -0.430. The Morgan fingerprint density at radius 2 is 1.78 bits per heavy atom. The normalized spacial score (nSPS) is 15.6. The fraction of sp³-hybridized carbons (Fsp3) is 0.389. The van der Waals surface area contributed by atoms with Crippen LogP contribution in [0.15, 0.2) is 33.9 Å². The third-order valence-electron chi connectivity index (χ3n) is 4.53. The number of nitrogens with zero attached hydrogens (tertiary/aromatic N) is 4. The summed E-state index contributed by atoms with van der Waals surface area (Å²) in [4.78, 5) is 28.7. The Morgan fingerprint density at radius 3 is 2.44 bits per heavy atom. The Hall–Kier alpha value is -3.23. The van der Waals surface area contributed by atoms with Gasteiger partial charge in [0.25, 0.3) is 11.6 Å². The Morgan fingerprint density at radius 1 is 1.11 bits per heavy atom. The van der Waals surface area contributed by atoms with Crippen molar-refractivity contribution in [1.82, 2.24) is 18.7 Å². The first-order chi connectivity index (χ1) is 13.0. The maximum absolute atomic E-state index is 12.3. The van der Waals surface area contributed by atoms with Crippen LogP contribution in [0.4, 0.5) is 0 Å². The topological polar surface area (TPSA) is 89.5 Å². The van der Waals surface area contributed by atoms with E-state index < -0.39 is 11.2 Å². The number of aryl methyl sites for hydroxylation is 1. The lowest BCUT2D eigenvalue weighted by atomic mass is 10.3. The van der Waals surface area contributed by atoms with E-state index in [1.54, 1.807) is 11.6 Å². The molecule has 1 aliphatic rings. The molecule has 142 valence electrons. The summed E-state index contributed by atoms with van der Waals surface area (Å²) < 4.78 is 21.2. The molecule has 0 saturated carbocycles. The lowest BCUT2D eigenvalue weighted by Gasteiger charge is -2.12. The van der Waals surface area contributed by atoms with E-state index in [4.69, 9.17) is 14.2 Å². The van der Waals surface area contributed by atoms with Gasteiger partial charge in [0.1, 0.15) is 18.1 Å². The van der Waals surface area contributed by atoms with Crippen LogP contribution < -0.4 is 25.5 Å². The van der Waals surface area contributed by atoms with Crippen molar-refractivity contribution in [2.75, 3.05) is 13.2 Å². The summed E-state index contributed by atoms with van der Waals surface area (Å²) in [5, 5.41) is 0. The van der Waals surface area contributed by atoms with Gasteiger partial charge in [0, 0.05) is 14.1 Å². The molecule has 0 radical (unpaired) electrons. The molecular formula is C18H20N4O5. The van der Waals surface area contributed by atoms with Crippen LogP contribution in [0.1, 0.15) is 6.92 Å². The van der Waals surface area contributed by atoms with Gasteiger partial charge in [0.05, 0.1) is 13.2 Å². The van der Waals surface area contributed by atoms with Gasteiger partial charge >= 0.3 is 5.69 Å². The van der Waals surface area contributed by atoms with E-state index in [1.807, 2.05) is 31.2 Å². The van der Waals surface area contributed by atoms with E-state index in [-0.39, 0.29) is 11.6 Å². The molecular weight excluding hydrogens is 352 g/mol. The molecule has 1 aliphatic heterocycles. The maximum Gasteiger partial charge on any atom is 0.332 e. The van der Waals surface area contributed by atoms with Crippen LogP contribution in [-0.2, 0) is 20.6 Å². The number of benzene rings is 1.